The lowest BCUT2D eigenvalue weighted by molar-refractivity contribution is -0.187. The Morgan fingerprint density at radius 1 is 1.26 bits per heavy atom. The van der Waals surface area contributed by atoms with E-state index in [0.717, 1.165) is 23.0 Å². The van der Waals surface area contributed by atoms with Crippen LogP contribution >= 0.6 is 23.1 Å². The molecule has 0 spiro atoms. The molecule has 1 aliphatic carbocycles. The third kappa shape index (κ3) is 7.77. The molecule has 0 bridgehead atoms. The molecule has 12 nitrogen and oxygen atoms in total. The summed E-state index contributed by atoms with van der Waals surface area (Å²) in [7, 11) is 0. The lowest BCUT2D eigenvalue weighted by Gasteiger charge is -2.39. The first-order valence-electron chi connectivity index (χ1n) is 13.4. The summed E-state index contributed by atoms with van der Waals surface area (Å²) in [5.74, 6) is -1.38. The average Bonchev–Trinajstić information content (AvgIpc) is 3.59. The number of ether oxygens (including phenoxy) is 1. The number of aromatic nitrogens is 3. The van der Waals surface area contributed by atoms with Crippen LogP contribution in [0, 0.1) is 11.8 Å². The number of nitrogens with one attached hydrogen (secondary N) is 2. The molecule has 4 heterocycles. The number of hydrogen-bond donors (Lipinski definition) is 4. The molecule has 220 valence electrons. The SMILES string of the molecule is CC(=O)OC(O)C1C[C@H](Nc2nccc(/C=C3\SC(=O)NC3=O)n2)CCC1CN(O)Cc1cccc(-c2ccsc2)n1. The maximum absolute atomic E-state index is 11.9. The Balaban J connectivity index is 1.24. The number of anilines is 1. The van der Waals surface area contributed by atoms with Gasteiger partial charge in [-0.1, -0.05) is 6.07 Å². The summed E-state index contributed by atoms with van der Waals surface area (Å²) in [4.78, 5) is 48.6. The van der Waals surface area contributed by atoms with E-state index in [1.807, 2.05) is 35.0 Å². The number of hydrogen-bond acceptors (Lipinski definition) is 13. The largest absolute Gasteiger partial charge is 0.436 e. The third-order valence-corrected chi connectivity index (χ3v) is 8.54. The zero-order valence-electron chi connectivity index (χ0n) is 22.7. The van der Waals surface area contributed by atoms with Crippen LogP contribution in [0.25, 0.3) is 17.3 Å². The Kier molecular flexibility index (Phi) is 9.59. The molecule has 14 heteroatoms. The summed E-state index contributed by atoms with van der Waals surface area (Å²) >= 11 is 2.40. The highest BCUT2D eigenvalue weighted by molar-refractivity contribution is 8.18. The highest BCUT2D eigenvalue weighted by Crippen LogP contribution is 2.35. The van der Waals surface area contributed by atoms with Gasteiger partial charge in [-0.2, -0.15) is 16.4 Å². The quantitative estimate of drug-likeness (QED) is 0.113. The van der Waals surface area contributed by atoms with Gasteiger partial charge in [-0.25, -0.2) is 9.97 Å². The van der Waals surface area contributed by atoms with E-state index in [-0.39, 0.29) is 30.0 Å². The fraction of sp³-hybridized carbons (Fsp3) is 0.357. The van der Waals surface area contributed by atoms with Crippen LogP contribution in [0.15, 0.2) is 52.2 Å². The van der Waals surface area contributed by atoms with E-state index in [1.165, 1.54) is 18.1 Å². The van der Waals surface area contributed by atoms with Crippen molar-refractivity contribution in [2.24, 2.45) is 11.8 Å². The van der Waals surface area contributed by atoms with Crippen molar-refractivity contribution in [1.29, 1.82) is 0 Å². The van der Waals surface area contributed by atoms with Gasteiger partial charge in [0.25, 0.3) is 11.1 Å². The van der Waals surface area contributed by atoms with Crippen LogP contribution in [-0.2, 0) is 20.9 Å². The minimum absolute atomic E-state index is 0.152. The van der Waals surface area contributed by atoms with Gasteiger partial charge in [-0.3, -0.25) is 24.7 Å². The molecule has 0 aromatic carbocycles. The number of carbonyl (C=O) groups is 3. The number of aliphatic hydroxyl groups is 1. The smallest absolute Gasteiger partial charge is 0.304 e. The Morgan fingerprint density at radius 2 is 2.12 bits per heavy atom. The first kappa shape index (κ1) is 29.8. The monoisotopic (exact) mass is 610 g/mol. The lowest BCUT2D eigenvalue weighted by Crippen LogP contribution is -2.44. The van der Waals surface area contributed by atoms with E-state index in [2.05, 4.69) is 25.6 Å². The summed E-state index contributed by atoms with van der Waals surface area (Å²) in [5.41, 5.74) is 3.01. The number of nitrogens with zero attached hydrogens (tertiary/aromatic N) is 4. The van der Waals surface area contributed by atoms with Crippen LogP contribution in [0.1, 0.15) is 37.6 Å². The first-order valence-corrected chi connectivity index (χ1v) is 15.1. The fourth-order valence-corrected chi connectivity index (χ4v) is 6.47. The van der Waals surface area contributed by atoms with Gasteiger partial charge in [0.2, 0.25) is 12.2 Å². The van der Waals surface area contributed by atoms with E-state index in [1.54, 1.807) is 23.6 Å². The number of aliphatic hydroxyl groups excluding tert-OH is 1. The standard InChI is InChI=1S/C28H30N6O6S2/c1-16(35)40-26(37)22-11-19(31-27-29-9-7-20(32-27)12-24-25(36)33-28(38)42-24)6-5-17(22)13-34(39)14-21-3-2-4-23(30-21)18-8-10-41-15-18/h2-4,7-10,12,15,17,19,22,26,37,39H,5-6,11,13-14H2,1H3,(H,29,31,32)(H,33,36,38)/b24-12-/t17?,19-,22?,26?/m1/s1. The molecule has 3 aromatic heterocycles. The number of carbonyl (C=O) groups excluding carboxylic acids is 3. The van der Waals surface area contributed by atoms with E-state index in [0.29, 0.717) is 36.6 Å². The van der Waals surface area contributed by atoms with Crippen molar-refractivity contribution in [3.05, 3.63) is 63.6 Å². The number of thioether (sulfide) groups is 1. The molecule has 5 rings (SSSR count). The number of esters is 1. The lowest BCUT2D eigenvalue weighted by atomic mass is 9.76. The topological polar surface area (TPSA) is 167 Å². The number of rotatable bonds is 10. The first-order chi connectivity index (χ1) is 20.2. The molecular formula is C28H30N6O6S2. The van der Waals surface area contributed by atoms with Crippen LogP contribution in [0.5, 0.6) is 0 Å². The van der Waals surface area contributed by atoms with Crippen molar-refractivity contribution in [1.82, 2.24) is 25.3 Å². The Bertz CT molecular complexity index is 1470. The summed E-state index contributed by atoms with van der Waals surface area (Å²) in [6, 6.07) is 9.15. The van der Waals surface area contributed by atoms with Gasteiger partial charge in [0.05, 0.1) is 28.5 Å². The number of pyridine rings is 1. The summed E-state index contributed by atoms with van der Waals surface area (Å²) in [5, 5.41) is 31.9. The van der Waals surface area contributed by atoms with Crippen molar-refractivity contribution >= 4 is 52.2 Å². The van der Waals surface area contributed by atoms with Crippen molar-refractivity contribution < 1.29 is 29.4 Å². The molecule has 3 unspecified atom stereocenters. The summed E-state index contributed by atoms with van der Waals surface area (Å²) in [6.07, 6.45) is 3.46. The fourth-order valence-electron chi connectivity index (χ4n) is 5.15. The van der Waals surface area contributed by atoms with Crippen LogP contribution in [-0.4, -0.2) is 66.3 Å². The summed E-state index contributed by atoms with van der Waals surface area (Å²) in [6.45, 7) is 1.69. The van der Waals surface area contributed by atoms with Crippen molar-refractivity contribution in [3.8, 4) is 11.3 Å². The zero-order chi connectivity index (χ0) is 29.6. The van der Waals surface area contributed by atoms with Gasteiger partial charge in [0.1, 0.15) is 0 Å². The maximum atomic E-state index is 11.9. The highest BCUT2D eigenvalue weighted by atomic mass is 32.2. The number of amides is 2. The van der Waals surface area contributed by atoms with Crippen LogP contribution in [0.4, 0.5) is 10.7 Å². The van der Waals surface area contributed by atoms with Crippen molar-refractivity contribution in [2.75, 3.05) is 11.9 Å². The molecule has 1 aliphatic heterocycles. The van der Waals surface area contributed by atoms with E-state index >= 15 is 0 Å². The normalized spacial score (nSPS) is 22.3. The summed E-state index contributed by atoms with van der Waals surface area (Å²) < 4.78 is 5.16. The molecule has 2 fully saturated rings. The second-order valence-corrected chi connectivity index (χ2v) is 11.9. The van der Waals surface area contributed by atoms with Gasteiger partial charge in [0.15, 0.2) is 0 Å². The molecule has 2 amide bonds. The van der Waals surface area contributed by atoms with E-state index in [4.69, 9.17) is 4.74 Å². The van der Waals surface area contributed by atoms with Crippen molar-refractivity contribution in [3.63, 3.8) is 0 Å². The van der Waals surface area contributed by atoms with E-state index in [9.17, 15) is 24.7 Å². The van der Waals surface area contributed by atoms with Gasteiger partial charge < -0.3 is 20.4 Å². The predicted molar refractivity (Wildman–Crippen MR) is 157 cm³/mol. The van der Waals surface area contributed by atoms with Gasteiger partial charge in [-0.15, -0.1) is 0 Å². The Labute approximate surface area is 250 Å². The Morgan fingerprint density at radius 3 is 2.86 bits per heavy atom. The third-order valence-electron chi connectivity index (χ3n) is 7.05. The van der Waals surface area contributed by atoms with Crippen LogP contribution < -0.4 is 10.6 Å². The van der Waals surface area contributed by atoms with E-state index < -0.39 is 29.3 Å². The number of hydroxylamine groups is 2. The molecule has 2 aliphatic rings. The second-order valence-electron chi connectivity index (χ2n) is 10.1. The van der Waals surface area contributed by atoms with Gasteiger partial charge >= 0.3 is 5.97 Å². The van der Waals surface area contributed by atoms with Crippen molar-refractivity contribution in [2.45, 2.75) is 45.1 Å². The Hall–Kier alpha value is -3.69. The zero-order valence-corrected chi connectivity index (χ0v) is 24.3. The molecule has 4 N–H and O–H groups in total. The van der Waals surface area contributed by atoms with Gasteiger partial charge in [-0.05, 0) is 72.7 Å². The molecule has 4 atom stereocenters. The highest BCUT2D eigenvalue weighted by Gasteiger charge is 2.38. The molecule has 1 saturated heterocycles. The minimum atomic E-state index is -1.35. The predicted octanol–water partition coefficient (Wildman–Crippen LogP) is 3.89. The minimum Gasteiger partial charge on any atom is -0.436 e. The molecular weight excluding hydrogens is 580 g/mol. The molecule has 42 heavy (non-hydrogen) atoms. The second kappa shape index (κ2) is 13.5. The number of imide groups is 1. The average molecular weight is 611 g/mol. The van der Waals surface area contributed by atoms with Gasteiger partial charge in [0, 0.05) is 42.6 Å². The maximum Gasteiger partial charge on any atom is 0.304 e. The molecule has 3 aromatic rings. The van der Waals surface area contributed by atoms with Crippen LogP contribution in [0.2, 0.25) is 0 Å². The molecule has 1 saturated carbocycles. The number of thiophene rings is 1. The van der Waals surface area contributed by atoms with Crippen LogP contribution in [0.3, 0.4) is 0 Å². The molecule has 0 radical (unpaired) electrons.